The normalized spacial score (nSPS) is 29.0. The van der Waals surface area contributed by atoms with E-state index in [9.17, 15) is 0 Å². The largest absolute Gasteiger partial charge is 0.389 e. The van der Waals surface area contributed by atoms with Gasteiger partial charge >= 0.3 is 0 Å². The lowest BCUT2D eigenvalue weighted by Gasteiger charge is -2.42. The van der Waals surface area contributed by atoms with Crippen molar-refractivity contribution in [3.63, 3.8) is 0 Å². The van der Waals surface area contributed by atoms with Crippen LogP contribution in [0.25, 0.3) is 0 Å². The second-order valence-corrected chi connectivity index (χ2v) is 5.92. The van der Waals surface area contributed by atoms with Gasteiger partial charge in [-0.15, -0.1) is 0 Å². The topological polar surface area (TPSA) is 53.1 Å². The molecule has 1 aliphatic heterocycles. The second-order valence-electron chi connectivity index (χ2n) is 5.48. The van der Waals surface area contributed by atoms with E-state index >= 15 is 0 Å². The fourth-order valence-electron chi connectivity index (χ4n) is 3.38. The van der Waals surface area contributed by atoms with Crippen LogP contribution in [0, 0.1) is 23.2 Å². The van der Waals surface area contributed by atoms with Crippen LogP contribution in [0.5, 0.6) is 0 Å². The summed E-state index contributed by atoms with van der Waals surface area (Å²) in [6.07, 6.45) is 6.73. The van der Waals surface area contributed by atoms with Crippen LogP contribution in [0.2, 0.25) is 0 Å². The minimum Gasteiger partial charge on any atom is -0.389 e. The van der Waals surface area contributed by atoms with Gasteiger partial charge in [-0.05, 0) is 31.6 Å². The predicted molar refractivity (Wildman–Crippen MR) is 76.7 cm³/mol. The van der Waals surface area contributed by atoms with E-state index in [2.05, 4.69) is 11.0 Å². The van der Waals surface area contributed by atoms with E-state index in [1.165, 1.54) is 32.1 Å². The minimum absolute atomic E-state index is 0.223. The molecule has 2 N–H and O–H groups in total. The highest BCUT2D eigenvalue weighted by Crippen LogP contribution is 2.37. The van der Waals surface area contributed by atoms with Crippen LogP contribution in [0.15, 0.2) is 11.3 Å². The monoisotopic (exact) mass is 263 g/mol. The summed E-state index contributed by atoms with van der Waals surface area (Å²) < 4.78 is 0. The van der Waals surface area contributed by atoms with E-state index in [-0.39, 0.29) is 4.99 Å². The van der Waals surface area contributed by atoms with E-state index < -0.39 is 0 Å². The summed E-state index contributed by atoms with van der Waals surface area (Å²) in [5, 5.41) is 9.13. The molecule has 2 rings (SSSR count). The molecule has 0 aromatic rings. The van der Waals surface area contributed by atoms with Crippen LogP contribution in [-0.4, -0.2) is 23.0 Å². The van der Waals surface area contributed by atoms with Crippen molar-refractivity contribution in [1.82, 2.24) is 4.90 Å². The van der Waals surface area contributed by atoms with Crippen LogP contribution in [0.1, 0.15) is 39.0 Å². The summed E-state index contributed by atoms with van der Waals surface area (Å²) in [6.45, 7) is 4.09. The van der Waals surface area contributed by atoms with Crippen molar-refractivity contribution in [2.45, 2.75) is 39.0 Å². The van der Waals surface area contributed by atoms with E-state index in [1.807, 2.05) is 6.92 Å². The molecule has 3 nitrogen and oxygen atoms in total. The van der Waals surface area contributed by atoms with Gasteiger partial charge in [0.05, 0.1) is 0 Å². The molecule has 0 unspecified atom stereocenters. The number of fused-ring (bicyclic) bond motifs is 1. The van der Waals surface area contributed by atoms with Gasteiger partial charge in [-0.2, -0.15) is 5.26 Å². The van der Waals surface area contributed by atoms with E-state index in [4.69, 9.17) is 23.2 Å². The number of allylic oxidation sites excluding steroid dienone is 1. The van der Waals surface area contributed by atoms with Gasteiger partial charge in [-0.25, -0.2) is 0 Å². The molecule has 2 fully saturated rings. The standard InChI is InChI=1S/C14H21N3S/c1-10(13(8-15)14(16)18)17-7-6-11-4-2-3-5-12(11)9-17/h11-12H,2-7,9H2,1H3,(H2,16,18)/b13-10-/t11-,12+/m0/s1. The van der Waals surface area contributed by atoms with Crippen molar-refractivity contribution in [3.05, 3.63) is 11.3 Å². The van der Waals surface area contributed by atoms with Gasteiger partial charge < -0.3 is 10.6 Å². The number of nitrogens with two attached hydrogens (primary N) is 1. The highest BCUT2D eigenvalue weighted by Gasteiger charge is 2.31. The zero-order chi connectivity index (χ0) is 13.1. The van der Waals surface area contributed by atoms with Crippen LogP contribution >= 0.6 is 12.2 Å². The van der Waals surface area contributed by atoms with Crippen LogP contribution in [-0.2, 0) is 0 Å². The first-order chi connectivity index (χ1) is 8.63. The molecule has 0 aromatic carbocycles. The predicted octanol–water partition coefficient (Wildman–Crippen LogP) is 2.58. The van der Waals surface area contributed by atoms with Gasteiger partial charge in [0.25, 0.3) is 0 Å². The number of nitrogens with zero attached hydrogens (tertiary/aromatic N) is 2. The Balaban J connectivity index is 2.11. The van der Waals surface area contributed by atoms with Gasteiger partial charge in [0.1, 0.15) is 16.6 Å². The Morgan fingerprint density at radius 1 is 1.28 bits per heavy atom. The summed E-state index contributed by atoms with van der Waals surface area (Å²) in [5.74, 6) is 1.70. The van der Waals surface area contributed by atoms with Crippen molar-refractivity contribution in [2.24, 2.45) is 17.6 Å². The van der Waals surface area contributed by atoms with E-state index in [1.54, 1.807) is 0 Å². The molecule has 1 saturated heterocycles. The number of rotatable bonds is 2. The summed E-state index contributed by atoms with van der Waals surface area (Å²) in [5.41, 5.74) is 7.06. The highest BCUT2D eigenvalue weighted by molar-refractivity contribution is 7.80. The molecule has 4 heteroatoms. The van der Waals surface area contributed by atoms with Crippen LogP contribution in [0.3, 0.4) is 0 Å². The fourth-order valence-corrected chi connectivity index (χ4v) is 3.57. The molecular weight excluding hydrogens is 242 g/mol. The molecule has 0 amide bonds. The Morgan fingerprint density at radius 3 is 2.56 bits per heavy atom. The Labute approximate surface area is 115 Å². The number of hydrogen-bond donors (Lipinski definition) is 1. The average molecular weight is 263 g/mol. The smallest absolute Gasteiger partial charge is 0.116 e. The Kier molecular flexibility index (Phi) is 4.23. The first-order valence-corrected chi connectivity index (χ1v) is 7.20. The highest BCUT2D eigenvalue weighted by atomic mass is 32.1. The summed E-state index contributed by atoms with van der Waals surface area (Å²) >= 11 is 4.95. The molecule has 1 aliphatic carbocycles. The fraction of sp³-hybridized carbons (Fsp3) is 0.714. The number of thiocarbonyl (C=S) groups is 1. The van der Waals surface area contributed by atoms with Crippen molar-refractivity contribution < 1.29 is 0 Å². The average Bonchev–Trinajstić information content (AvgIpc) is 2.38. The molecule has 0 radical (unpaired) electrons. The van der Waals surface area contributed by atoms with Gasteiger partial charge in [0.2, 0.25) is 0 Å². The van der Waals surface area contributed by atoms with Gasteiger partial charge in [0, 0.05) is 18.8 Å². The third kappa shape index (κ3) is 2.67. The lowest BCUT2D eigenvalue weighted by Crippen LogP contribution is -2.41. The molecule has 98 valence electrons. The summed E-state index contributed by atoms with van der Waals surface area (Å²) in [7, 11) is 0. The maximum absolute atomic E-state index is 9.13. The quantitative estimate of drug-likeness (QED) is 0.472. The van der Waals surface area contributed by atoms with Gasteiger partial charge in [0.15, 0.2) is 0 Å². The molecule has 0 aromatic heterocycles. The third-order valence-electron chi connectivity index (χ3n) is 4.49. The molecule has 1 saturated carbocycles. The van der Waals surface area contributed by atoms with Crippen molar-refractivity contribution in [3.8, 4) is 6.07 Å². The number of hydrogen-bond acceptors (Lipinski definition) is 3. The first-order valence-electron chi connectivity index (χ1n) is 6.79. The lowest BCUT2D eigenvalue weighted by molar-refractivity contribution is 0.109. The molecular formula is C14H21N3S. The number of nitriles is 1. The van der Waals surface area contributed by atoms with Crippen LogP contribution < -0.4 is 5.73 Å². The van der Waals surface area contributed by atoms with Crippen molar-refractivity contribution in [2.75, 3.05) is 13.1 Å². The molecule has 0 spiro atoms. The van der Waals surface area contributed by atoms with E-state index in [0.717, 1.165) is 30.6 Å². The number of piperidine rings is 1. The second kappa shape index (κ2) is 5.71. The molecule has 2 atom stereocenters. The molecule has 2 aliphatic rings. The lowest BCUT2D eigenvalue weighted by atomic mass is 9.75. The number of likely N-dealkylation sites (tertiary alicyclic amines) is 1. The Bertz CT molecular complexity index is 408. The molecule has 18 heavy (non-hydrogen) atoms. The maximum atomic E-state index is 9.13. The van der Waals surface area contributed by atoms with Crippen molar-refractivity contribution >= 4 is 17.2 Å². The summed E-state index contributed by atoms with van der Waals surface area (Å²) in [4.78, 5) is 2.53. The van der Waals surface area contributed by atoms with Crippen LogP contribution in [0.4, 0.5) is 0 Å². The maximum Gasteiger partial charge on any atom is 0.116 e. The molecule has 0 bridgehead atoms. The first kappa shape index (κ1) is 13.4. The van der Waals surface area contributed by atoms with E-state index in [0.29, 0.717) is 5.57 Å². The SMILES string of the molecule is C/C(=C(\C#N)C(N)=S)N1CC[C@@H]2CCCC[C@@H]2C1. The Morgan fingerprint density at radius 2 is 1.94 bits per heavy atom. The van der Waals surface area contributed by atoms with Gasteiger partial charge in [-0.3, -0.25) is 0 Å². The summed E-state index contributed by atoms with van der Waals surface area (Å²) in [6, 6.07) is 2.14. The zero-order valence-corrected chi connectivity index (χ0v) is 11.8. The minimum atomic E-state index is 0.223. The molecule has 1 heterocycles. The van der Waals surface area contributed by atoms with Gasteiger partial charge in [-0.1, -0.05) is 31.5 Å². The Hall–Kier alpha value is -1.08. The zero-order valence-electron chi connectivity index (χ0n) is 11.0. The van der Waals surface area contributed by atoms with Crippen molar-refractivity contribution in [1.29, 1.82) is 5.26 Å². The third-order valence-corrected chi connectivity index (χ3v) is 4.69.